The molecule has 1 heterocycles. The molecule has 6 nitrogen and oxygen atoms in total. The standard InChI is InChI=1S/C14H20N4O2/c1-9(2)7-16-13(19)8-18(3)14-17-11-5-4-10(15)6-12(11)20-14/h4-6,9H,7-8,15H2,1-3H3,(H,16,19). The Morgan fingerprint density at radius 2 is 2.25 bits per heavy atom. The van der Waals surface area contributed by atoms with Crippen LogP contribution < -0.4 is 16.0 Å². The number of nitrogens with two attached hydrogens (primary N) is 1. The van der Waals surface area contributed by atoms with E-state index in [0.717, 1.165) is 5.52 Å². The van der Waals surface area contributed by atoms with Gasteiger partial charge in [0.15, 0.2) is 5.58 Å². The predicted molar refractivity (Wildman–Crippen MR) is 79.5 cm³/mol. The molecule has 1 amide bonds. The van der Waals surface area contributed by atoms with Crippen molar-refractivity contribution in [3.05, 3.63) is 18.2 Å². The van der Waals surface area contributed by atoms with Crippen LogP contribution in [0.25, 0.3) is 11.1 Å². The zero-order valence-corrected chi connectivity index (χ0v) is 12.0. The number of fused-ring (bicyclic) bond motifs is 1. The summed E-state index contributed by atoms with van der Waals surface area (Å²) in [5.41, 5.74) is 7.66. The summed E-state index contributed by atoms with van der Waals surface area (Å²) in [6.07, 6.45) is 0. The molecule has 2 rings (SSSR count). The number of nitrogens with one attached hydrogen (secondary N) is 1. The topological polar surface area (TPSA) is 84.4 Å². The molecule has 108 valence electrons. The monoisotopic (exact) mass is 276 g/mol. The van der Waals surface area contributed by atoms with Crippen molar-refractivity contribution in [3.8, 4) is 0 Å². The number of likely N-dealkylation sites (N-methyl/N-ethyl adjacent to an activating group) is 1. The number of anilines is 2. The molecule has 20 heavy (non-hydrogen) atoms. The molecule has 0 fully saturated rings. The van der Waals surface area contributed by atoms with Crippen molar-refractivity contribution < 1.29 is 9.21 Å². The summed E-state index contributed by atoms with van der Waals surface area (Å²) in [6.45, 7) is 4.97. The molecule has 0 saturated heterocycles. The van der Waals surface area contributed by atoms with Gasteiger partial charge < -0.3 is 20.4 Å². The Hall–Kier alpha value is -2.24. The first-order valence-electron chi connectivity index (χ1n) is 6.59. The molecular weight excluding hydrogens is 256 g/mol. The van der Waals surface area contributed by atoms with E-state index in [1.165, 1.54) is 0 Å². The summed E-state index contributed by atoms with van der Waals surface area (Å²) in [4.78, 5) is 17.8. The fourth-order valence-electron chi connectivity index (χ4n) is 1.75. The van der Waals surface area contributed by atoms with Crippen molar-refractivity contribution >= 4 is 28.7 Å². The first-order chi connectivity index (χ1) is 9.45. The second-order valence-corrected chi connectivity index (χ2v) is 5.28. The predicted octanol–water partition coefficient (Wildman–Crippen LogP) is 1.62. The average Bonchev–Trinajstić information content (AvgIpc) is 2.79. The summed E-state index contributed by atoms with van der Waals surface area (Å²) >= 11 is 0. The van der Waals surface area contributed by atoms with Crippen LogP contribution in [0.4, 0.5) is 11.7 Å². The number of oxazole rings is 1. The van der Waals surface area contributed by atoms with Gasteiger partial charge in [-0.3, -0.25) is 4.79 Å². The summed E-state index contributed by atoms with van der Waals surface area (Å²) in [7, 11) is 1.77. The Balaban J connectivity index is 2.03. The van der Waals surface area contributed by atoms with Gasteiger partial charge in [-0.05, 0) is 18.1 Å². The van der Waals surface area contributed by atoms with E-state index in [2.05, 4.69) is 24.1 Å². The maximum atomic E-state index is 11.8. The van der Waals surface area contributed by atoms with Crippen LogP contribution >= 0.6 is 0 Å². The van der Waals surface area contributed by atoms with Crippen molar-refractivity contribution in [1.82, 2.24) is 10.3 Å². The Kier molecular flexibility index (Phi) is 4.12. The summed E-state index contributed by atoms with van der Waals surface area (Å²) in [5.74, 6) is 0.375. The van der Waals surface area contributed by atoms with E-state index >= 15 is 0 Å². The number of carbonyl (C=O) groups is 1. The third-order valence-electron chi connectivity index (χ3n) is 2.82. The van der Waals surface area contributed by atoms with Gasteiger partial charge in [0, 0.05) is 25.3 Å². The van der Waals surface area contributed by atoms with E-state index in [1.54, 1.807) is 30.1 Å². The van der Waals surface area contributed by atoms with E-state index in [4.69, 9.17) is 10.2 Å². The number of nitrogens with zero attached hydrogens (tertiary/aromatic N) is 2. The molecule has 0 atom stereocenters. The second-order valence-electron chi connectivity index (χ2n) is 5.28. The lowest BCUT2D eigenvalue weighted by Crippen LogP contribution is -2.36. The Labute approximate surface area is 117 Å². The zero-order chi connectivity index (χ0) is 14.7. The van der Waals surface area contributed by atoms with Gasteiger partial charge in [-0.1, -0.05) is 13.8 Å². The highest BCUT2D eigenvalue weighted by Crippen LogP contribution is 2.22. The second kappa shape index (κ2) is 5.81. The third kappa shape index (κ3) is 3.40. The summed E-state index contributed by atoms with van der Waals surface area (Å²) < 4.78 is 5.59. The van der Waals surface area contributed by atoms with Gasteiger partial charge >= 0.3 is 0 Å². The quantitative estimate of drug-likeness (QED) is 0.811. The van der Waals surface area contributed by atoms with Gasteiger partial charge in [0.1, 0.15) is 12.1 Å². The van der Waals surface area contributed by atoms with Crippen LogP contribution in [0, 0.1) is 5.92 Å². The minimum absolute atomic E-state index is 0.0528. The number of amides is 1. The van der Waals surface area contributed by atoms with Gasteiger partial charge in [-0.2, -0.15) is 4.98 Å². The number of benzene rings is 1. The van der Waals surface area contributed by atoms with Gasteiger partial charge in [-0.25, -0.2) is 0 Å². The van der Waals surface area contributed by atoms with Crippen molar-refractivity contribution in [3.63, 3.8) is 0 Å². The molecule has 0 unspecified atom stereocenters. The molecular formula is C14H20N4O2. The Morgan fingerprint density at radius 3 is 2.95 bits per heavy atom. The number of aromatic nitrogens is 1. The van der Waals surface area contributed by atoms with Crippen molar-refractivity contribution in [2.45, 2.75) is 13.8 Å². The van der Waals surface area contributed by atoms with Crippen molar-refractivity contribution in [2.75, 3.05) is 30.8 Å². The van der Waals surface area contributed by atoms with Crippen LogP contribution in [-0.4, -0.2) is 31.0 Å². The van der Waals surface area contributed by atoms with E-state index in [9.17, 15) is 4.79 Å². The molecule has 0 aliphatic heterocycles. The van der Waals surface area contributed by atoms with E-state index < -0.39 is 0 Å². The SMILES string of the molecule is CC(C)CNC(=O)CN(C)c1nc2ccc(N)cc2o1. The van der Waals surface area contributed by atoms with E-state index in [1.807, 2.05) is 0 Å². The van der Waals surface area contributed by atoms with Crippen LogP contribution in [0.2, 0.25) is 0 Å². The lowest BCUT2D eigenvalue weighted by Gasteiger charge is -2.14. The molecule has 3 N–H and O–H groups in total. The molecule has 2 aromatic rings. The van der Waals surface area contributed by atoms with Crippen LogP contribution in [0.3, 0.4) is 0 Å². The molecule has 0 radical (unpaired) electrons. The highest BCUT2D eigenvalue weighted by atomic mass is 16.4. The van der Waals surface area contributed by atoms with Crippen LogP contribution in [0.1, 0.15) is 13.8 Å². The minimum atomic E-state index is -0.0528. The number of hydrogen-bond acceptors (Lipinski definition) is 5. The van der Waals surface area contributed by atoms with Gasteiger partial charge in [-0.15, -0.1) is 0 Å². The van der Waals surface area contributed by atoms with Crippen LogP contribution in [0.15, 0.2) is 22.6 Å². The lowest BCUT2D eigenvalue weighted by atomic mass is 10.2. The third-order valence-corrected chi connectivity index (χ3v) is 2.82. The first kappa shape index (κ1) is 14.2. The minimum Gasteiger partial charge on any atom is -0.423 e. The molecule has 0 aliphatic carbocycles. The largest absolute Gasteiger partial charge is 0.423 e. The number of carbonyl (C=O) groups excluding carboxylic acids is 1. The lowest BCUT2D eigenvalue weighted by molar-refractivity contribution is -0.119. The summed E-state index contributed by atoms with van der Waals surface area (Å²) in [6, 6.07) is 5.69. The number of rotatable bonds is 5. The molecule has 0 aliphatic rings. The Morgan fingerprint density at radius 1 is 1.50 bits per heavy atom. The van der Waals surface area contributed by atoms with E-state index in [0.29, 0.717) is 29.7 Å². The van der Waals surface area contributed by atoms with Crippen molar-refractivity contribution in [2.24, 2.45) is 5.92 Å². The van der Waals surface area contributed by atoms with Gasteiger partial charge in [0.2, 0.25) is 5.91 Å². The highest BCUT2D eigenvalue weighted by molar-refractivity contribution is 5.82. The molecule has 1 aromatic heterocycles. The van der Waals surface area contributed by atoms with Crippen LogP contribution in [-0.2, 0) is 4.79 Å². The molecule has 1 aromatic carbocycles. The smallest absolute Gasteiger partial charge is 0.298 e. The Bertz CT molecular complexity index is 606. The maximum Gasteiger partial charge on any atom is 0.298 e. The fourth-order valence-corrected chi connectivity index (χ4v) is 1.75. The van der Waals surface area contributed by atoms with Gasteiger partial charge in [0.05, 0.1) is 0 Å². The maximum absolute atomic E-state index is 11.8. The first-order valence-corrected chi connectivity index (χ1v) is 6.59. The molecule has 0 saturated carbocycles. The zero-order valence-electron chi connectivity index (χ0n) is 12.0. The molecule has 0 bridgehead atoms. The highest BCUT2D eigenvalue weighted by Gasteiger charge is 2.13. The number of hydrogen-bond donors (Lipinski definition) is 2. The number of nitrogen functional groups attached to an aromatic ring is 1. The van der Waals surface area contributed by atoms with Gasteiger partial charge in [0.25, 0.3) is 6.01 Å². The molecule has 6 heteroatoms. The van der Waals surface area contributed by atoms with E-state index in [-0.39, 0.29) is 12.5 Å². The average molecular weight is 276 g/mol. The molecule has 0 spiro atoms. The van der Waals surface area contributed by atoms with Crippen LogP contribution in [0.5, 0.6) is 0 Å². The normalized spacial score (nSPS) is 11.0. The van der Waals surface area contributed by atoms with Crippen molar-refractivity contribution in [1.29, 1.82) is 0 Å². The fraction of sp³-hybridized carbons (Fsp3) is 0.429. The summed E-state index contributed by atoms with van der Waals surface area (Å²) in [5, 5.41) is 2.86.